The molecule has 0 unspecified atom stereocenters. The van der Waals surface area contributed by atoms with Crippen LogP contribution in [0.15, 0.2) is 44.1 Å². The molecule has 1 aromatic carbocycles. The van der Waals surface area contributed by atoms with Crippen molar-refractivity contribution in [1.82, 2.24) is 15.1 Å². The molecular weight excluding hydrogens is 386 g/mol. The summed E-state index contributed by atoms with van der Waals surface area (Å²) in [4.78, 5) is 15.0. The molecule has 29 heavy (non-hydrogen) atoms. The van der Waals surface area contributed by atoms with E-state index in [-0.39, 0.29) is 11.9 Å². The highest BCUT2D eigenvalue weighted by Crippen LogP contribution is 2.34. The Labute approximate surface area is 172 Å². The zero-order chi connectivity index (χ0) is 20.0. The number of aryl methyl sites for hydroxylation is 2. The molecule has 0 aliphatic carbocycles. The number of hydrogen-bond acceptors (Lipinski definition) is 6. The zero-order valence-electron chi connectivity index (χ0n) is 16.3. The molecule has 1 aliphatic heterocycles. The van der Waals surface area contributed by atoms with Gasteiger partial charge < -0.3 is 13.7 Å². The highest BCUT2D eigenvalue weighted by atomic mass is 32.1. The maximum Gasteiger partial charge on any atom is 0.248 e. The molecule has 0 radical (unpaired) electrons. The minimum absolute atomic E-state index is 0.0590. The lowest BCUT2D eigenvalue weighted by atomic mass is 10.0. The first-order chi connectivity index (χ1) is 14.1. The Morgan fingerprint density at radius 3 is 3.00 bits per heavy atom. The number of benzene rings is 1. The summed E-state index contributed by atoms with van der Waals surface area (Å²) in [5.41, 5.74) is 5.00. The predicted octanol–water partition coefficient (Wildman–Crippen LogP) is 5.07. The lowest BCUT2D eigenvalue weighted by Gasteiger charge is -2.21. The first-order valence-electron chi connectivity index (χ1n) is 9.73. The summed E-state index contributed by atoms with van der Waals surface area (Å²) in [6.07, 6.45) is 3.78. The maximum absolute atomic E-state index is 13.1. The first kappa shape index (κ1) is 18.1. The van der Waals surface area contributed by atoms with E-state index in [1.807, 2.05) is 34.7 Å². The average Bonchev–Trinajstić information content (AvgIpc) is 3.50. The van der Waals surface area contributed by atoms with Gasteiger partial charge in [-0.05, 0) is 49.3 Å². The van der Waals surface area contributed by atoms with Crippen LogP contribution in [0.3, 0.4) is 0 Å². The quantitative estimate of drug-likeness (QED) is 0.472. The van der Waals surface area contributed by atoms with Gasteiger partial charge in [-0.3, -0.25) is 4.79 Å². The summed E-state index contributed by atoms with van der Waals surface area (Å²) in [6, 6.07) is 5.90. The summed E-state index contributed by atoms with van der Waals surface area (Å²) in [5, 5.41) is 13.4. The number of amides is 1. The summed E-state index contributed by atoms with van der Waals surface area (Å²) in [6.45, 7) is 4.81. The van der Waals surface area contributed by atoms with Crippen molar-refractivity contribution in [1.29, 1.82) is 0 Å². The van der Waals surface area contributed by atoms with Crippen molar-refractivity contribution in [3.63, 3.8) is 0 Å². The topological polar surface area (TPSA) is 72.4 Å². The maximum atomic E-state index is 13.1. The van der Waals surface area contributed by atoms with Crippen LogP contribution in [0.1, 0.15) is 41.5 Å². The van der Waals surface area contributed by atoms with Gasteiger partial charge in [-0.15, -0.1) is 10.2 Å². The molecule has 0 saturated carbocycles. The first-order valence-corrected chi connectivity index (χ1v) is 10.7. The van der Waals surface area contributed by atoms with Crippen LogP contribution < -0.4 is 0 Å². The van der Waals surface area contributed by atoms with E-state index in [2.05, 4.69) is 23.2 Å². The molecule has 0 bridgehead atoms. The number of carbonyl (C=O) groups excluding carboxylic acids is 1. The molecule has 6 nitrogen and oxygen atoms in total. The van der Waals surface area contributed by atoms with E-state index in [1.165, 1.54) is 5.56 Å². The number of furan rings is 1. The third-order valence-corrected chi connectivity index (χ3v) is 6.43. The summed E-state index contributed by atoms with van der Waals surface area (Å²) >= 11 is 1.58. The second kappa shape index (κ2) is 7.15. The van der Waals surface area contributed by atoms with E-state index in [0.29, 0.717) is 24.7 Å². The molecule has 5 rings (SSSR count). The molecule has 7 heteroatoms. The Balaban J connectivity index is 1.38. The van der Waals surface area contributed by atoms with Crippen LogP contribution in [0.4, 0.5) is 0 Å². The van der Waals surface area contributed by atoms with E-state index in [4.69, 9.17) is 8.83 Å². The monoisotopic (exact) mass is 407 g/mol. The lowest BCUT2D eigenvalue weighted by molar-refractivity contribution is -0.131. The third-order valence-electron chi connectivity index (χ3n) is 5.75. The molecule has 0 spiro atoms. The molecule has 3 aromatic heterocycles. The fourth-order valence-corrected chi connectivity index (χ4v) is 4.61. The number of fused-ring (bicyclic) bond motifs is 1. The van der Waals surface area contributed by atoms with Gasteiger partial charge in [-0.1, -0.05) is 12.1 Å². The number of rotatable bonds is 4. The lowest BCUT2D eigenvalue weighted by Crippen LogP contribution is -2.32. The van der Waals surface area contributed by atoms with Gasteiger partial charge in [0.15, 0.2) is 0 Å². The number of aromatic nitrogens is 2. The number of thiophene rings is 1. The van der Waals surface area contributed by atoms with Crippen molar-refractivity contribution in [2.45, 2.75) is 39.2 Å². The van der Waals surface area contributed by atoms with E-state index in [9.17, 15) is 4.79 Å². The summed E-state index contributed by atoms with van der Waals surface area (Å²) in [5.74, 6) is 1.08. The van der Waals surface area contributed by atoms with E-state index in [1.54, 1.807) is 17.6 Å². The largest absolute Gasteiger partial charge is 0.464 e. The highest BCUT2D eigenvalue weighted by Gasteiger charge is 2.34. The summed E-state index contributed by atoms with van der Waals surface area (Å²) < 4.78 is 11.7. The van der Waals surface area contributed by atoms with Crippen LogP contribution in [-0.4, -0.2) is 27.5 Å². The van der Waals surface area contributed by atoms with Crippen molar-refractivity contribution in [2.24, 2.45) is 0 Å². The number of carbonyl (C=O) groups is 1. The molecule has 0 N–H and O–H groups in total. The number of likely N-dealkylation sites (tertiary alicyclic amines) is 1. The molecule has 1 atom stereocenters. The Bertz CT molecular complexity index is 1180. The van der Waals surface area contributed by atoms with Gasteiger partial charge in [0.25, 0.3) is 0 Å². The van der Waals surface area contributed by atoms with Crippen molar-refractivity contribution in [2.75, 3.05) is 6.54 Å². The minimum atomic E-state index is -0.162. The van der Waals surface area contributed by atoms with Gasteiger partial charge in [0.05, 0.1) is 12.7 Å². The Morgan fingerprint density at radius 2 is 2.17 bits per heavy atom. The normalized spacial score (nSPS) is 16.8. The van der Waals surface area contributed by atoms with Crippen molar-refractivity contribution in [3.8, 4) is 11.5 Å². The van der Waals surface area contributed by atoms with Gasteiger partial charge in [0.1, 0.15) is 11.6 Å². The Morgan fingerprint density at radius 1 is 1.28 bits per heavy atom. The van der Waals surface area contributed by atoms with Crippen molar-refractivity contribution >= 4 is 28.2 Å². The van der Waals surface area contributed by atoms with E-state index >= 15 is 0 Å². The standard InChI is InChI=1S/C22H21N3O3S/c1-13-5-6-17-16(11-27-20(17)14(13)2)10-19(26)25-8-3-4-18(25)22-24-23-21(28-22)15-7-9-29-12-15/h5-7,9,11-12,18H,3-4,8,10H2,1-2H3/t18-/m0/s1. The van der Waals surface area contributed by atoms with Crippen LogP contribution in [0, 0.1) is 13.8 Å². The third kappa shape index (κ3) is 3.15. The predicted molar refractivity (Wildman–Crippen MR) is 111 cm³/mol. The van der Waals surface area contributed by atoms with Gasteiger partial charge in [0, 0.05) is 28.4 Å². The molecule has 1 fully saturated rings. The van der Waals surface area contributed by atoms with Gasteiger partial charge in [0.2, 0.25) is 17.7 Å². The molecule has 4 heterocycles. The van der Waals surface area contributed by atoms with Crippen LogP contribution in [-0.2, 0) is 11.2 Å². The molecule has 1 aliphatic rings. The Kier molecular flexibility index (Phi) is 4.47. The number of hydrogen-bond donors (Lipinski definition) is 0. The van der Waals surface area contributed by atoms with Gasteiger partial charge in [-0.25, -0.2) is 0 Å². The van der Waals surface area contributed by atoms with Crippen molar-refractivity contribution in [3.05, 3.63) is 57.8 Å². The van der Waals surface area contributed by atoms with Gasteiger partial charge in [-0.2, -0.15) is 11.3 Å². The second-order valence-corrected chi connectivity index (χ2v) is 8.30. The van der Waals surface area contributed by atoms with Crippen LogP contribution in [0.5, 0.6) is 0 Å². The van der Waals surface area contributed by atoms with E-state index < -0.39 is 0 Å². The molecular formula is C22H21N3O3S. The van der Waals surface area contributed by atoms with Crippen molar-refractivity contribution < 1.29 is 13.6 Å². The summed E-state index contributed by atoms with van der Waals surface area (Å²) in [7, 11) is 0. The second-order valence-electron chi connectivity index (χ2n) is 7.52. The van der Waals surface area contributed by atoms with Gasteiger partial charge >= 0.3 is 0 Å². The fourth-order valence-electron chi connectivity index (χ4n) is 3.98. The molecule has 148 valence electrons. The highest BCUT2D eigenvalue weighted by molar-refractivity contribution is 7.08. The average molecular weight is 407 g/mol. The SMILES string of the molecule is Cc1ccc2c(CC(=O)N3CCC[C@H]3c3nnc(-c4ccsc4)o3)coc2c1C. The van der Waals surface area contributed by atoms with Crippen LogP contribution >= 0.6 is 11.3 Å². The zero-order valence-corrected chi connectivity index (χ0v) is 17.2. The van der Waals surface area contributed by atoms with E-state index in [0.717, 1.165) is 40.5 Å². The van der Waals surface area contributed by atoms with Crippen LogP contribution in [0.25, 0.3) is 22.4 Å². The van der Waals surface area contributed by atoms with Crippen LogP contribution in [0.2, 0.25) is 0 Å². The fraction of sp³-hybridized carbons (Fsp3) is 0.318. The molecule has 1 amide bonds. The minimum Gasteiger partial charge on any atom is -0.464 e. The number of nitrogens with zero attached hydrogens (tertiary/aromatic N) is 3. The Hall–Kier alpha value is -2.93. The smallest absolute Gasteiger partial charge is 0.248 e. The molecule has 1 saturated heterocycles. The molecule has 4 aromatic rings.